The predicted octanol–water partition coefficient (Wildman–Crippen LogP) is 3.34. The van der Waals surface area contributed by atoms with Crippen molar-refractivity contribution in [2.24, 2.45) is 0 Å². The lowest BCUT2D eigenvalue weighted by atomic mass is 10.2. The van der Waals surface area contributed by atoms with E-state index in [2.05, 4.69) is 4.98 Å². The number of carbonyl (C=O) groups excluding carboxylic acids is 1. The number of rotatable bonds is 3. The highest BCUT2D eigenvalue weighted by Gasteiger charge is 2.28. The van der Waals surface area contributed by atoms with Crippen LogP contribution in [0, 0.1) is 6.92 Å². The molecule has 4 nitrogen and oxygen atoms in total. The number of aromatic nitrogens is 1. The monoisotopic (exact) mass is 316 g/mol. The van der Waals surface area contributed by atoms with Crippen molar-refractivity contribution < 1.29 is 9.53 Å². The standard InChI is InChI=1S/C17H17ClN2O2/c1-12-4-2-7-16(19-12)22-15-8-9-20(11-15)17(21)13-5-3-6-14(18)10-13/h2-7,10,15H,8-9,11H2,1H3. The van der Waals surface area contributed by atoms with E-state index in [9.17, 15) is 4.79 Å². The van der Waals surface area contributed by atoms with Crippen LogP contribution in [0.3, 0.4) is 0 Å². The molecule has 1 unspecified atom stereocenters. The second-order valence-electron chi connectivity index (χ2n) is 5.41. The van der Waals surface area contributed by atoms with Gasteiger partial charge < -0.3 is 9.64 Å². The molecule has 0 aliphatic carbocycles. The van der Waals surface area contributed by atoms with Gasteiger partial charge in [0.25, 0.3) is 5.91 Å². The minimum Gasteiger partial charge on any atom is -0.472 e. The van der Waals surface area contributed by atoms with Crippen LogP contribution in [0.5, 0.6) is 5.88 Å². The molecule has 3 rings (SSSR count). The molecule has 0 saturated carbocycles. The predicted molar refractivity (Wildman–Crippen MR) is 85.4 cm³/mol. The lowest BCUT2D eigenvalue weighted by molar-refractivity contribution is 0.0771. The zero-order valence-corrected chi connectivity index (χ0v) is 13.1. The van der Waals surface area contributed by atoms with E-state index in [4.69, 9.17) is 16.3 Å². The fourth-order valence-electron chi connectivity index (χ4n) is 2.57. The number of halogens is 1. The molecule has 1 fully saturated rings. The van der Waals surface area contributed by atoms with Crippen LogP contribution in [0.25, 0.3) is 0 Å². The van der Waals surface area contributed by atoms with E-state index in [-0.39, 0.29) is 12.0 Å². The van der Waals surface area contributed by atoms with Crippen molar-refractivity contribution in [3.8, 4) is 5.88 Å². The summed E-state index contributed by atoms with van der Waals surface area (Å²) in [6.07, 6.45) is 0.791. The minimum atomic E-state index is -0.0163. The molecule has 2 aromatic rings. The van der Waals surface area contributed by atoms with E-state index in [0.29, 0.717) is 29.6 Å². The Morgan fingerprint density at radius 2 is 2.14 bits per heavy atom. The largest absolute Gasteiger partial charge is 0.472 e. The van der Waals surface area contributed by atoms with Gasteiger partial charge in [0.2, 0.25) is 5.88 Å². The third-order valence-corrected chi connectivity index (χ3v) is 3.89. The number of hydrogen-bond donors (Lipinski definition) is 0. The van der Waals surface area contributed by atoms with Crippen LogP contribution in [-0.4, -0.2) is 35.0 Å². The molecule has 1 aromatic carbocycles. The van der Waals surface area contributed by atoms with Gasteiger partial charge in [-0.25, -0.2) is 4.98 Å². The second kappa shape index (κ2) is 6.36. The van der Waals surface area contributed by atoms with E-state index < -0.39 is 0 Å². The summed E-state index contributed by atoms with van der Waals surface area (Å²) in [6, 6.07) is 12.7. The molecule has 1 amide bonds. The summed E-state index contributed by atoms with van der Waals surface area (Å²) in [5.74, 6) is 0.604. The fraction of sp³-hybridized carbons (Fsp3) is 0.294. The summed E-state index contributed by atoms with van der Waals surface area (Å²) in [4.78, 5) is 18.6. The van der Waals surface area contributed by atoms with Crippen molar-refractivity contribution in [3.63, 3.8) is 0 Å². The smallest absolute Gasteiger partial charge is 0.254 e. The molecule has 0 bridgehead atoms. The Hall–Kier alpha value is -2.07. The molecule has 22 heavy (non-hydrogen) atoms. The maximum atomic E-state index is 12.4. The third-order valence-electron chi connectivity index (χ3n) is 3.65. The van der Waals surface area contributed by atoms with Crippen LogP contribution in [0.1, 0.15) is 22.5 Å². The van der Waals surface area contributed by atoms with E-state index in [1.165, 1.54) is 0 Å². The van der Waals surface area contributed by atoms with Crippen molar-refractivity contribution in [1.82, 2.24) is 9.88 Å². The molecule has 2 heterocycles. The van der Waals surface area contributed by atoms with Crippen LogP contribution in [0.2, 0.25) is 5.02 Å². The molecule has 5 heteroatoms. The fourth-order valence-corrected chi connectivity index (χ4v) is 2.76. The summed E-state index contributed by atoms with van der Waals surface area (Å²) in [6.45, 7) is 3.18. The van der Waals surface area contributed by atoms with Gasteiger partial charge in [0.1, 0.15) is 6.10 Å². The lowest BCUT2D eigenvalue weighted by Crippen LogP contribution is -2.31. The van der Waals surface area contributed by atoms with Crippen molar-refractivity contribution in [1.29, 1.82) is 0 Å². The number of benzene rings is 1. The summed E-state index contributed by atoms with van der Waals surface area (Å²) < 4.78 is 5.87. The molecule has 1 saturated heterocycles. The quantitative estimate of drug-likeness (QED) is 0.872. The molecule has 114 valence electrons. The lowest BCUT2D eigenvalue weighted by Gasteiger charge is -2.17. The number of amides is 1. The molecule has 1 aliphatic rings. The maximum absolute atomic E-state index is 12.4. The van der Waals surface area contributed by atoms with Gasteiger partial charge in [-0.05, 0) is 31.2 Å². The van der Waals surface area contributed by atoms with Crippen LogP contribution in [0.15, 0.2) is 42.5 Å². The van der Waals surface area contributed by atoms with Gasteiger partial charge >= 0.3 is 0 Å². The van der Waals surface area contributed by atoms with Crippen LogP contribution in [-0.2, 0) is 0 Å². The Bertz CT molecular complexity index is 690. The van der Waals surface area contributed by atoms with E-state index in [1.807, 2.05) is 25.1 Å². The SMILES string of the molecule is Cc1cccc(OC2CCN(C(=O)c3cccc(Cl)c3)C2)n1. The summed E-state index contributed by atoms with van der Waals surface area (Å²) in [5.41, 5.74) is 1.53. The molecule has 0 radical (unpaired) electrons. The molecular formula is C17H17ClN2O2. The van der Waals surface area contributed by atoms with Gasteiger partial charge in [-0.15, -0.1) is 0 Å². The number of nitrogens with zero attached hydrogens (tertiary/aromatic N) is 2. The number of pyridine rings is 1. The van der Waals surface area contributed by atoms with Crippen LogP contribution >= 0.6 is 11.6 Å². The van der Waals surface area contributed by atoms with E-state index in [0.717, 1.165) is 12.1 Å². The first-order valence-corrected chi connectivity index (χ1v) is 7.65. The number of carbonyl (C=O) groups is 1. The van der Waals surface area contributed by atoms with Gasteiger partial charge in [0.15, 0.2) is 0 Å². The first kappa shape index (κ1) is 14.9. The highest BCUT2D eigenvalue weighted by Crippen LogP contribution is 2.20. The Labute approximate surface area is 134 Å². The highest BCUT2D eigenvalue weighted by molar-refractivity contribution is 6.30. The summed E-state index contributed by atoms with van der Waals surface area (Å²) in [5, 5.41) is 0.571. The van der Waals surface area contributed by atoms with Gasteiger partial charge in [0, 0.05) is 35.3 Å². The van der Waals surface area contributed by atoms with Crippen molar-refractivity contribution in [2.45, 2.75) is 19.4 Å². The summed E-state index contributed by atoms with van der Waals surface area (Å²) >= 11 is 5.94. The average molecular weight is 317 g/mol. The minimum absolute atomic E-state index is 0.00852. The first-order valence-electron chi connectivity index (χ1n) is 7.27. The van der Waals surface area contributed by atoms with Crippen molar-refractivity contribution in [3.05, 3.63) is 58.7 Å². The van der Waals surface area contributed by atoms with Gasteiger partial charge in [-0.2, -0.15) is 0 Å². The number of hydrogen-bond acceptors (Lipinski definition) is 3. The second-order valence-corrected chi connectivity index (χ2v) is 5.84. The topological polar surface area (TPSA) is 42.4 Å². The number of likely N-dealkylation sites (tertiary alicyclic amines) is 1. The van der Waals surface area contributed by atoms with Gasteiger partial charge in [0.05, 0.1) is 6.54 Å². The Morgan fingerprint density at radius 1 is 1.32 bits per heavy atom. The van der Waals surface area contributed by atoms with Gasteiger partial charge in [-0.3, -0.25) is 4.79 Å². The Kier molecular flexibility index (Phi) is 4.29. The molecule has 0 spiro atoms. The average Bonchev–Trinajstić information content (AvgIpc) is 2.95. The van der Waals surface area contributed by atoms with Crippen LogP contribution in [0.4, 0.5) is 0 Å². The first-order chi connectivity index (χ1) is 10.6. The van der Waals surface area contributed by atoms with Crippen molar-refractivity contribution >= 4 is 17.5 Å². The van der Waals surface area contributed by atoms with Gasteiger partial charge in [-0.1, -0.05) is 23.7 Å². The maximum Gasteiger partial charge on any atom is 0.254 e. The molecule has 0 N–H and O–H groups in total. The number of aryl methyl sites for hydroxylation is 1. The Balaban J connectivity index is 1.63. The Morgan fingerprint density at radius 3 is 2.91 bits per heavy atom. The molecule has 1 atom stereocenters. The zero-order chi connectivity index (χ0) is 15.5. The summed E-state index contributed by atoms with van der Waals surface area (Å²) in [7, 11) is 0. The van der Waals surface area contributed by atoms with E-state index >= 15 is 0 Å². The molecular weight excluding hydrogens is 300 g/mol. The zero-order valence-electron chi connectivity index (χ0n) is 12.3. The van der Waals surface area contributed by atoms with Crippen LogP contribution < -0.4 is 4.74 Å². The normalized spacial score (nSPS) is 17.5. The highest BCUT2D eigenvalue weighted by atomic mass is 35.5. The number of ether oxygens (including phenoxy) is 1. The molecule has 1 aliphatic heterocycles. The van der Waals surface area contributed by atoms with Crippen molar-refractivity contribution in [2.75, 3.05) is 13.1 Å². The van der Waals surface area contributed by atoms with E-state index in [1.54, 1.807) is 29.2 Å². The third kappa shape index (κ3) is 3.39. The molecule has 1 aromatic heterocycles.